The smallest absolute Gasteiger partial charge is 0.249 e. The van der Waals surface area contributed by atoms with Gasteiger partial charge in [0.25, 0.3) is 0 Å². The Balaban J connectivity index is 2.15. The van der Waals surface area contributed by atoms with Gasteiger partial charge in [-0.25, -0.2) is 15.0 Å². The van der Waals surface area contributed by atoms with Gasteiger partial charge in [0.2, 0.25) is 5.91 Å². The summed E-state index contributed by atoms with van der Waals surface area (Å²) in [5, 5.41) is 2.72. The maximum Gasteiger partial charge on any atom is 0.249 e. The molecule has 2 heterocycles. The van der Waals surface area contributed by atoms with Crippen LogP contribution in [0.15, 0.2) is 26.8 Å². The highest BCUT2D eigenvalue weighted by molar-refractivity contribution is 6.47. The molecule has 0 bridgehead atoms. The molecule has 0 aliphatic carbocycles. The third-order valence-electron chi connectivity index (χ3n) is 1.98. The predicted octanol–water partition coefficient (Wildman–Crippen LogP) is 0.291. The van der Waals surface area contributed by atoms with Crippen LogP contribution in [0, 0.1) is 0 Å². The Morgan fingerprint density at radius 1 is 1.57 bits per heavy atom. The molecule has 0 radical (unpaired) electrons. The molecule has 0 saturated heterocycles. The average molecular weight is 190 g/mol. The number of fused-ring (bicyclic) bond motifs is 1. The van der Waals surface area contributed by atoms with E-state index in [2.05, 4.69) is 20.3 Å². The Kier molecular flexibility index (Phi) is 2.22. The molecular weight excluding hydrogens is 180 g/mol. The zero-order valence-electron chi connectivity index (χ0n) is 7.82. The van der Waals surface area contributed by atoms with Crippen molar-refractivity contribution in [1.82, 2.24) is 5.32 Å². The summed E-state index contributed by atoms with van der Waals surface area (Å²) >= 11 is 0. The lowest BCUT2D eigenvalue weighted by Gasteiger charge is -2.09. The molecule has 0 spiro atoms. The summed E-state index contributed by atoms with van der Waals surface area (Å²) < 4.78 is 0. The summed E-state index contributed by atoms with van der Waals surface area (Å²) in [6.45, 7) is 2.50. The molecule has 0 unspecified atom stereocenters. The number of hydrogen-bond donors (Lipinski definition) is 1. The van der Waals surface area contributed by atoms with Crippen LogP contribution in [0.2, 0.25) is 0 Å². The van der Waals surface area contributed by atoms with Crippen molar-refractivity contribution in [3.05, 3.63) is 11.8 Å². The zero-order valence-corrected chi connectivity index (χ0v) is 7.82. The van der Waals surface area contributed by atoms with Gasteiger partial charge in [0.05, 0.1) is 5.71 Å². The fourth-order valence-corrected chi connectivity index (χ4v) is 1.30. The van der Waals surface area contributed by atoms with E-state index >= 15 is 0 Å². The van der Waals surface area contributed by atoms with Crippen molar-refractivity contribution in [2.75, 3.05) is 6.54 Å². The first-order valence-corrected chi connectivity index (χ1v) is 4.46. The number of carbonyl (C=O) groups excluding carboxylic acids is 1. The average Bonchev–Trinajstić information content (AvgIpc) is 2.64. The zero-order chi connectivity index (χ0) is 9.97. The Hall–Kier alpha value is -1.78. The second-order valence-electron chi connectivity index (χ2n) is 2.96. The summed E-state index contributed by atoms with van der Waals surface area (Å²) in [6.07, 6.45) is 3.54. The van der Waals surface area contributed by atoms with Gasteiger partial charge in [-0.2, -0.15) is 0 Å². The number of carbonyl (C=O) groups is 1. The van der Waals surface area contributed by atoms with Crippen LogP contribution >= 0.6 is 0 Å². The third-order valence-corrected chi connectivity index (χ3v) is 1.98. The molecule has 5 nitrogen and oxygen atoms in total. The van der Waals surface area contributed by atoms with E-state index in [1.807, 2.05) is 6.92 Å². The molecule has 0 atom stereocenters. The highest BCUT2D eigenvalue weighted by Gasteiger charge is 2.21. The first kappa shape index (κ1) is 8.80. The molecular formula is C9H10N4O. The predicted molar refractivity (Wildman–Crippen MR) is 54.7 cm³/mol. The summed E-state index contributed by atoms with van der Waals surface area (Å²) in [5.74, 6) is 0.544. The van der Waals surface area contributed by atoms with Crippen molar-refractivity contribution in [2.45, 2.75) is 13.3 Å². The lowest BCUT2D eigenvalue weighted by molar-refractivity contribution is -0.117. The van der Waals surface area contributed by atoms with Gasteiger partial charge in [0.15, 0.2) is 5.84 Å². The minimum Gasteiger partial charge on any atom is -0.353 e. The molecule has 0 aromatic carbocycles. The molecule has 1 amide bonds. The van der Waals surface area contributed by atoms with Crippen LogP contribution in [0.3, 0.4) is 0 Å². The number of likely N-dealkylation sites (N-methyl/N-ethyl adjacent to an activating group) is 1. The summed E-state index contributed by atoms with van der Waals surface area (Å²) in [7, 11) is 0. The highest BCUT2D eigenvalue weighted by atomic mass is 16.1. The number of amidine groups is 1. The number of rotatable bonds is 2. The van der Waals surface area contributed by atoms with Gasteiger partial charge in [-0.05, 0) is 6.92 Å². The third kappa shape index (κ3) is 1.48. The lowest BCUT2D eigenvalue weighted by atomic mass is 10.1. The van der Waals surface area contributed by atoms with Crippen molar-refractivity contribution in [3.63, 3.8) is 0 Å². The second-order valence-corrected chi connectivity index (χ2v) is 2.96. The van der Waals surface area contributed by atoms with E-state index in [-0.39, 0.29) is 5.91 Å². The second kappa shape index (κ2) is 3.53. The normalized spacial score (nSPS) is 18.2. The molecule has 2 aliphatic rings. The first-order valence-electron chi connectivity index (χ1n) is 4.46. The van der Waals surface area contributed by atoms with E-state index in [4.69, 9.17) is 0 Å². The van der Waals surface area contributed by atoms with E-state index in [9.17, 15) is 4.79 Å². The summed E-state index contributed by atoms with van der Waals surface area (Å²) in [4.78, 5) is 23.4. The molecule has 0 aromatic heterocycles. The largest absolute Gasteiger partial charge is 0.353 e. The molecule has 0 saturated carbocycles. The van der Waals surface area contributed by atoms with Gasteiger partial charge in [0, 0.05) is 24.7 Å². The first-order chi connectivity index (χ1) is 6.81. The molecule has 2 aliphatic heterocycles. The van der Waals surface area contributed by atoms with Crippen LogP contribution in [-0.4, -0.2) is 30.3 Å². The maximum atomic E-state index is 11.4. The summed E-state index contributed by atoms with van der Waals surface area (Å²) in [5.41, 5.74) is 1.41. The van der Waals surface area contributed by atoms with E-state index in [1.165, 1.54) is 6.34 Å². The van der Waals surface area contributed by atoms with Crippen molar-refractivity contribution in [3.8, 4) is 0 Å². The fourth-order valence-electron chi connectivity index (χ4n) is 1.30. The molecule has 0 aromatic rings. The van der Waals surface area contributed by atoms with Crippen LogP contribution < -0.4 is 5.32 Å². The van der Waals surface area contributed by atoms with Gasteiger partial charge in [-0.3, -0.25) is 4.79 Å². The number of nitrogens with zero attached hydrogens (tertiary/aromatic N) is 3. The van der Waals surface area contributed by atoms with E-state index in [0.717, 1.165) is 5.71 Å². The summed E-state index contributed by atoms with van der Waals surface area (Å²) in [6, 6.07) is 0. The van der Waals surface area contributed by atoms with Gasteiger partial charge in [-0.15, -0.1) is 0 Å². The highest BCUT2D eigenvalue weighted by Crippen LogP contribution is 2.13. The monoisotopic (exact) mass is 190 g/mol. The number of nitrogens with one attached hydrogen (secondary N) is 1. The van der Waals surface area contributed by atoms with Crippen LogP contribution in [0.5, 0.6) is 0 Å². The van der Waals surface area contributed by atoms with Gasteiger partial charge in [-0.1, -0.05) is 0 Å². The van der Waals surface area contributed by atoms with Crippen LogP contribution in [-0.2, 0) is 4.79 Å². The fraction of sp³-hybridized carbons (Fsp3) is 0.333. The van der Waals surface area contributed by atoms with Gasteiger partial charge in [0.1, 0.15) is 6.34 Å². The maximum absolute atomic E-state index is 11.4. The van der Waals surface area contributed by atoms with Crippen LogP contribution in [0.4, 0.5) is 0 Å². The lowest BCUT2D eigenvalue weighted by Crippen LogP contribution is -2.27. The Morgan fingerprint density at radius 3 is 3.21 bits per heavy atom. The molecule has 5 heteroatoms. The van der Waals surface area contributed by atoms with Gasteiger partial charge >= 0.3 is 0 Å². The minimum atomic E-state index is -0.0788. The van der Waals surface area contributed by atoms with E-state index < -0.39 is 0 Å². The van der Waals surface area contributed by atoms with Crippen molar-refractivity contribution >= 4 is 23.8 Å². The topological polar surface area (TPSA) is 66.2 Å². The van der Waals surface area contributed by atoms with Crippen molar-refractivity contribution < 1.29 is 4.79 Å². The Bertz CT molecular complexity index is 390. The Labute approximate surface area is 81.4 Å². The number of amides is 1. The van der Waals surface area contributed by atoms with E-state index in [0.29, 0.717) is 24.4 Å². The number of hydrogen-bond acceptors (Lipinski definition) is 4. The molecule has 2 rings (SSSR count). The molecule has 1 N–H and O–H groups in total. The van der Waals surface area contributed by atoms with Crippen molar-refractivity contribution in [2.24, 2.45) is 15.0 Å². The van der Waals surface area contributed by atoms with Crippen molar-refractivity contribution in [1.29, 1.82) is 0 Å². The quantitative estimate of drug-likeness (QED) is 0.668. The minimum absolute atomic E-state index is 0.0788. The van der Waals surface area contributed by atoms with E-state index in [1.54, 1.807) is 6.20 Å². The molecule has 72 valence electrons. The molecule has 14 heavy (non-hydrogen) atoms. The van der Waals surface area contributed by atoms with Crippen LogP contribution in [0.1, 0.15) is 13.3 Å². The van der Waals surface area contributed by atoms with Gasteiger partial charge < -0.3 is 5.32 Å². The standard InChI is InChI=1S/C9H10N4O/c1-2-10-9(14)6-3-7-8(11-4-6)13-5-12-7/h4-5H,2-3H2,1H3,(H,10,14). The number of aliphatic imine (C=N–C) groups is 3. The van der Waals surface area contributed by atoms with Crippen LogP contribution in [0.25, 0.3) is 0 Å². The molecule has 0 fully saturated rings. The Morgan fingerprint density at radius 2 is 2.43 bits per heavy atom. The SMILES string of the molecule is CCNC(=O)C1=CN=C2N=CN=C2C1.